The topological polar surface area (TPSA) is 103 Å². The van der Waals surface area contributed by atoms with E-state index in [1.807, 2.05) is 17.5 Å². The van der Waals surface area contributed by atoms with Crippen LogP contribution in [0.4, 0.5) is 0 Å². The van der Waals surface area contributed by atoms with Crippen LogP contribution >= 0.6 is 11.3 Å². The van der Waals surface area contributed by atoms with Crippen molar-refractivity contribution in [3.63, 3.8) is 0 Å². The number of ether oxygens (including phenoxy) is 3. The number of nitrogens with one attached hydrogen (secondary N) is 2. The van der Waals surface area contributed by atoms with Gasteiger partial charge in [-0.25, -0.2) is 13.1 Å². The summed E-state index contributed by atoms with van der Waals surface area (Å²) in [4.78, 5) is 13.6. The van der Waals surface area contributed by atoms with Gasteiger partial charge in [0.1, 0.15) is 17.2 Å². The van der Waals surface area contributed by atoms with Gasteiger partial charge in [0.25, 0.3) is 5.91 Å². The largest absolute Gasteiger partial charge is 0.496 e. The summed E-state index contributed by atoms with van der Waals surface area (Å²) in [5, 5.41) is 4.68. The van der Waals surface area contributed by atoms with E-state index in [1.54, 1.807) is 12.1 Å². The van der Waals surface area contributed by atoms with Crippen molar-refractivity contribution in [1.82, 2.24) is 10.0 Å². The molecule has 0 aliphatic carbocycles. The summed E-state index contributed by atoms with van der Waals surface area (Å²) < 4.78 is 43.5. The van der Waals surface area contributed by atoms with Crippen LogP contribution in [-0.4, -0.2) is 35.7 Å². The van der Waals surface area contributed by atoms with Crippen LogP contribution in [-0.2, 0) is 23.1 Å². The van der Waals surface area contributed by atoms with Crippen molar-refractivity contribution >= 4 is 27.3 Å². The number of amides is 1. The van der Waals surface area contributed by atoms with Crippen molar-refractivity contribution in [3.05, 3.63) is 69.9 Å². The fourth-order valence-electron chi connectivity index (χ4n) is 2.97. The minimum absolute atomic E-state index is 0.0871. The van der Waals surface area contributed by atoms with Crippen LogP contribution in [0.1, 0.15) is 20.8 Å². The molecule has 2 N–H and O–H groups in total. The summed E-state index contributed by atoms with van der Waals surface area (Å²) in [5.74, 6) is 1.23. The predicted molar refractivity (Wildman–Crippen MR) is 122 cm³/mol. The lowest BCUT2D eigenvalue weighted by atomic mass is 10.1. The molecule has 0 unspecified atom stereocenters. The van der Waals surface area contributed by atoms with E-state index in [9.17, 15) is 13.2 Å². The quantitative estimate of drug-likeness (QED) is 0.466. The highest BCUT2D eigenvalue weighted by Gasteiger charge is 2.17. The van der Waals surface area contributed by atoms with Crippen LogP contribution in [0, 0.1) is 0 Å². The standard InChI is InChI=1S/C22H24N2O6S2/c1-28-16-11-20(29-2)19(21(12-16)30-3)14-23-22(25)15-6-8-18(9-7-15)32(26,27)24-13-17-5-4-10-31-17/h4-12,24H,13-14H2,1-3H3,(H,23,25). The molecule has 0 saturated carbocycles. The number of carbonyl (C=O) groups excluding carboxylic acids is 1. The number of hydrogen-bond acceptors (Lipinski definition) is 7. The second-order valence-electron chi connectivity index (χ2n) is 6.62. The Morgan fingerprint density at radius 1 is 0.938 bits per heavy atom. The molecule has 0 fully saturated rings. The molecule has 170 valence electrons. The first kappa shape index (κ1) is 23.6. The molecule has 3 aromatic rings. The summed E-state index contributed by atoms with van der Waals surface area (Å²) in [6.07, 6.45) is 0. The molecule has 8 nitrogen and oxygen atoms in total. The van der Waals surface area contributed by atoms with E-state index < -0.39 is 10.0 Å². The fraction of sp³-hybridized carbons (Fsp3) is 0.227. The van der Waals surface area contributed by atoms with Gasteiger partial charge in [0.15, 0.2) is 0 Å². The van der Waals surface area contributed by atoms with Crippen LogP contribution in [0.25, 0.3) is 0 Å². The van der Waals surface area contributed by atoms with Crippen molar-refractivity contribution in [2.75, 3.05) is 21.3 Å². The number of methoxy groups -OCH3 is 3. The summed E-state index contributed by atoms with van der Waals surface area (Å²) in [6, 6.07) is 12.9. The van der Waals surface area contributed by atoms with Gasteiger partial charge in [0.05, 0.1) is 38.3 Å². The molecule has 1 amide bonds. The van der Waals surface area contributed by atoms with Gasteiger partial charge in [-0.3, -0.25) is 4.79 Å². The lowest BCUT2D eigenvalue weighted by molar-refractivity contribution is 0.0950. The Kier molecular flexibility index (Phi) is 7.73. The van der Waals surface area contributed by atoms with E-state index in [-0.39, 0.29) is 23.9 Å². The molecule has 0 spiro atoms. The molecular weight excluding hydrogens is 452 g/mol. The van der Waals surface area contributed by atoms with E-state index >= 15 is 0 Å². The molecule has 1 aromatic heterocycles. The molecule has 1 heterocycles. The maximum absolute atomic E-state index is 12.6. The maximum atomic E-state index is 12.6. The molecule has 2 aromatic carbocycles. The molecule has 0 bridgehead atoms. The van der Waals surface area contributed by atoms with Gasteiger partial charge in [-0.05, 0) is 35.7 Å². The number of sulfonamides is 1. The Balaban J connectivity index is 1.68. The van der Waals surface area contributed by atoms with E-state index in [0.29, 0.717) is 28.4 Å². The minimum Gasteiger partial charge on any atom is -0.496 e. The Morgan fingerprint density at radius 2 is 1.59 bits per heavy atom. The molecule has 10 heteroatoms. The smallest absolute Gasteiger partial charge is 0.251 e. The highest BCUT2D eigenvalue weighted by atomic mass is 32.2. The van der Waals surface area contributed by atoms with E-state index in [1.165, 1.54) is 56.9 Å². The molecule has 32 heavy (non-hydrogen) atoms. The van der Waals surface area contributed by atoms with E-state index in [2.05, 4.69) is 10.0 Å². The van der Waals surface area contributed by atoms with Crippen LogP contribution in [0.2, 0.25) is 0 Å². The van der Waals surface area contributed by atoms with Gasteiger partial charge < -0.3 is 19.5 Å². The first-order chi connectivity index (χ1) is 15.4. The first-order valence-electron chi connectivity index (χ1n) is 9.57. The predicted octanol–water partition coefficient (Wildman–Crippen LogP) is 3.18. The lowest BCUT2D eigenvalue weighted by Gasteiger charge is -2.15. The van der Waals surface area contributed by atoms with Gasteiger partial charge in [0.2, 0.25) is 10.0 Å². The third kappa shape index (κ3) is 5.58. The Labute approximate surface area is 191 Å². The van der Waals surface area contributed by atoms with Crippen LogP contribution in [0.3, 0.4) is 0 Å². The fourth-order valence-corrected chi connectivity index (χ4v) is 4.71. The van der Waals surface area contributed by atoms with Crippen LogP contribution < -0.4 is 24.2 Å². The van der Waals surface area contributed by atoms with E-state index in [0.717, 1.165) is 4.88 Å². The van der Waals surface area contributed by atoms with Crippen molar-refractivity contribution in [3.8, 4) is 17.2 Å². The first-order valence-corrected chi connectivity index (χ1v) is 11.9. The highest BCUT2D eigenvalue weighted by molar-refractivity contribution is 7.89. The van der Waals surface area contributed by atoms with Crippen molar-refractivity contribution in [2.24, 2.45) is 0 Å². The SMILES string of the molecule is COc1cc(OC)c(CNC(=O)c2ccc(S(=O)(=O)NCc3cccs3)cc2)c(OC)c1. The van der Waals surface area contributed by atoms with Gasteiger partial charge in [-0.1, -0.05) is 6.07 Å². The number of hydrogen-bond donors (Lipinski definition) is 2. The summed E-state index contributed by atoms with van der Waals surface area (Å²) in [7, 11) is 0.898. The highest BCUT2D eigenvalue weighted by Crippen LogP contribution is 2.33. The lowest BCUT2D eigenvalue weighted by Crippen LogP contribution is -2.24. The zero-order valence-electron chi connectivity index (χ0n) is 17.9. The zero-order chi connectivity index (χ0) is 23.1. The third-order valence-electron chi connectivity index (χ3n) is 4.69. The monoisotopic (exact) mass is 476 g/mol. The molecule has 3 rings (SSSR count). The molecule has 0 aliphatic heterocycles. The number of carbonyl (C=O) groups is 1. The Bertz CT molecular complexity index is 1130. The van der Waals surface area contributed by atoms with Gasteiger partial charge >= 0.3 is 0 Å². The van der Waals surface area contributed by atoms with Crippen molar-refractivity contribution in [2.45, 2.75) is 18.0 Å². The average Bonchev–Trinajstić information content (AvgIpc) is 3.34. The molecule has 0 atom stereocenters. The van der Waals surface area contributed by atoms with Crippen molar-refractivity contribution < 1.29 is 27.4 Å². The van der Waals surface area contributed by atoms with E-state index in [4.69, 9.17) is 14.2 Å². The van der Waals surface area contributed by atoms with Crippen LogP contribution in [0.5, 0.6) is 17.2 Å². The molecular formula is C22H24N2O6S2. The minimum atomic E-state index is -3.68. The summed E-state index contributed by atoms with van der Waals surface area (Å²) >= 11 is 1.47. The second kappa shape index (κ2) is 10.5. The Hall–Kier alpha value is -3.08. The normalized spacial score (nSPS) is 11.1. The van der Waals surface area contributed by atoms with Crippen LogP contribution in [0.15, 0.2) is 58.8 Å². The van der Waals surface area contributed by atoms with Crippen molar-refractivity contribution in [1.29, 1.82) is 0 Å². The second-order valence-corrected chi connectivity index (χ2v) is 9.42. The molecule has 0 aliphatic rings. The number of rotatable bonds is 10. The van der Waals surface area contributed by atoms with Gasteiger partial charge in [-0.15, -0.1) is 11.3 Å². The molecule has 0 saturated heterocycles. The zero-order valence-corrected chi connectivity index (χ0v) is 19.5. The van der Waals surface area contributed by atoms with Gasteiger partial charge in [0, 0.05) is 29.1 Å². The van der Waals surface area contributed by atoms with Gasteiger partial charge in [-0.2, -0.15) is 0 Å². The maximum Gasteiger partial charge on any atom is 0.251 e. The summed E-state index contributed by atoms with van der Waals surface area (Å²) in [6.45, 7) is 0.366. The Morgan fingerprint density at radius 3 is 2.12 bits per heavy atom. The molecule has 0 radical (unpaired) electrons. The number of benzene rings is 2. The average molecular weight is 477 g/mol. The summed E-state index contributed by atoms with van der Waals surface area (Å²) in [5.41, 5.74) is 0.981. The third-order valence-corrected chi connectivity index (χ3v) is 6.98. The number of thiophene rings is 1.